The summed E-state index contributed by atoms with van der Waals surface area (Å²) in [6, 6.07) is 3.69. The van der Waals surface area contributed by atoms with Crippen LogP contribution in [-0.2, 0) is 16.4 Å². The number of rotatable bonds is 7. The monoisotopic (exact) mass is 530 g/mol. The first-order valence-electron chi connectivity index (χ1n) is 9.24. The van der Waals surface area contributed by atoms with Crippen LogP contribution in [0.15, 0.2) is 23.2 Å². The molecule has 0 unspecified atom stereocenters. The lowest BCUT2D eigenvalue weighted by Gasteiger charge is -2.32. The van der Waals surface area contributed by atoms with Gasteiger partial charge in [0.25, 0.3) is 0 Å². The summed E-state index contributed by atoms with van der Waals surface area (Å²) in [7, 11) is -1.50. The summed E-state index contributed by atoms with van der Waals surface area (Å²) in [6.45, 7) is 3.31. The van der Waals surface area contributed by atoms with Crippen LogP contribution < -0.4 is 10.6 Å². The fourth-order valence-electron chi connectivity index (χ4n) is 3.09. The average Bonchev–Trinajstić information content (AvgIpc) is 2.63. The minimum atomic E-state index is -3.15. The van der Waals surface area contributed by atoms with Crippen LogP contribution in [0.4, 0.5) is 8.78 Å². The Hall–Kier alpha value is -1.01. The second kappa shape index (κ2) is 11.9. The summed E-state index contributed by atoms with van der Waals surface area (Å²) in [5.74, 6) is -0.365. The first-order valence-corrected chi connectivity index (χ1v) is 10.9. The maximum Gasteiger partial charge on any atom is 0.214 e. The molecule has 0 aromatic heterocycles. The molecule has 0 radical (unpaired) electrons. The number of sulfonamides is 1. The molecular weight excluding hydrogens is 501 g/mol. The van der Waals surface area contributed by atoms with Crippen LogP contribution in [0.3, 0.4) is 0 Å². The predicted molar refractivity (Wildman–Crippen MR) is 119 cm³/mol. The minimum absolute atomic E-state index is 0. The highest BCUT2D eigenvalue weighted by Crippen LogP contribution is 2.15. The van der Waals surface area contributed by atoms with Gasteiger partial charge in [-0.3, -0.25) is 4.99 Å². The van der Waals surface area contributed by atoms with E-state index >= 15 is 0 Å². The quantitative estimate of drug-likeness (QED) is 0.323. The van der Waals surface area contributed by atoms with E-state index in [1.54, 1.807) is 11.4 Å². The lowest BCUT2D eigenvalue weighted by Crippen LogP contribution is -2.50. The van der Waals surface area contributed by atoms with Crippen molar-refractivity contribution in [2.24, 2.45) is 4.99 Å². The van der Waals surface area contributed by atoms with Crippen molar-refractivity contribution in [3.05, 3.63) is 35.4 Å². The summed E-state index contributed by atoms with van der Waals surface area (Å²) in [5, 5.41) is 6.40. The van der Waals surface area contributed by atoms with Gasteiger partial charge in [-0.05, 0) is 37.3 Å². The number of nitrogens with one attached hydrogen (secondary N) is 2. The summed E-state index contributed by atoms with van der Waals surface area (Å²) < 4.78 is 52.4. The maximum atomic E-state index is 13.6. The van der Waals surface area contributed by atoms with Gasteiger partial charge in [0, 0.05) is 38.8 Å². The molecule has 0 spiro atoms. The second-order valence-corrected chi connectivity index (χ2v) is 8.71. The third-order valence-electron chi connectivity index (χ3n) is 4.58. The van der Waals surface area contributed by atoms with Crippen molar-refractivity contribution >= 4 is 40.0 Å². The van der Waals surface area contributed by atoms with Crippen molar-refractivity contribution in [1.82, 2.24) is 14.9 Å². The second-order valence-electron chi connectivity index (χ2n) is 6.62. The first-order chi connectivity index (χ1) is 12.9. The standard InChI is InChI=1S/C18H28F2N4O2S.HI/c1-3-12-27(25,26)24-10-7-16(8-11-24)23-18(21-2)22-9-6-14-4-5-15(19)13-17(14)20;/h4-5,13,16H,3,6-12H2,1-2H3,(H2,21,22,23);1H. The van der Waals surface area contributed by atoms with Crippen LogP contribution in [0.5, 0.6) is 0 Å². The van der Waals surface area contributed by atoms with Gasteiger partial charge in [0.05, 0.1) is 5.75 Å². The maximum absolute atomic E-state index is 13.6. The number of aliphatic imine (C=N–C) groups is 1. The number of halogens is 3. The summed E-state index contributed by atoms with van der Waals surface area (Å²) in [6.07, 6.45) is 2.43. The molecule has 0 bridgehead atoms. The van der Waals surface area contributed by atoms with E-state index in [1.807, 2.05) is 6.92 Å². The Morgan fingerprint density at radius 1 is 1.29 bits per heavy atom. The van der Waals surface area contributed by atoms with Crippen LogP contribution in [0.2, 0.25) is 0 Å². The SMILES string of the molecule is CCCS(=O)(=O)N1CCC(NC(=NC)NCCc2ccc(F)cc2F)CC1.I. The third-order valence-corrected chi connectivity index (χ3v) is 6.65. The molecule has 1 aromatic carbocycles. The third kappa shape index (κ3) is 7.43. The molecule has 28 heavy (non-hydrogen) atoms. The van der Waals surface area contributed by atoms with E-state index in [0.717, 1.165) is 6.07 Å². The van der Waals surface area contributed by atoms with Crippen molar-refractivity contribution in [3.8, 4) is 0 Å². The van der Waals surface area contributed by atoms with E-state index in [1.165, 1.54) is 12.1 Å². The van der Waals surface area contributed by atoms with Crippen LogP contribution >= 0.6 is 24.0 Å². The van der Waals surface area contributed by atoms with Crippen molar-refractivity contribution in [3.63, 3.8) is 0 Å². The van der Waals surface area contributed by atoms with E-state index in [9.17, 15) is 17.2 Å². The topological polar surface area (TPSA) is 73.8 Å². The molecule has 0 amide bonds. The Kier molecular flexibility index (Phi) is 10.6. The van der Waals surface area contributed by atoms with Gasteiger partial charge >= 0.3 is 0 Å². The Balaban J connectivity index is 0.00000392. The molecular formula is C18H29F2IN4O2S. The first kappa shape index (κ1) is 25.0. The average molecular weight is 530 g/mol. The van der Waals surface area contributed by atoms with E-state index in [4.69, 9.17) is 0 Å². The molecule has 6 nitrogen and oxygen atoms in total. The van der Waals surface area contributed by atoms with Gasteiger partial charge in [0.2, 0.25) is 10.0 Å². The van der Waals surface area contributed by atoms with E-state index < -0.39 is 21.7 Å². The molecule has 1 fully saturated rings. The van der Waals surface area contributed by atoms with E-state index in [-0.39, 0.29) is 35.8 Å². The number of guanidine groups is 1. The Morgan fingerprint density at radius 3 is 2.54 bits per heavy atom. The summed E-state index contributed by atoms with van der Waals surface area (Å²) in [4.78, 5) is 4.16. The lowest BCUT2D eigenvalue weighted by molar-refractivity contribution is 0.306. The van der Waals surface area contributed by atoms with Crippen molar-refractivity contribution in [2.75, 3.05) is 32.4 Å². The van der Waals surface area contributed by atoms with Crippen LogP contribution in [0, 0.1) is 11.6 Å². The number of hydrogen-bond acceptors (Lipinski definition) is 3. The zero-order valence-electron chi connectivity index (χ0n) is 16.2. The number of benzene rings is 1. The van der Waals surface area contributed by atoms with Gasteiger partial charge in [-0.25, -0.2) is 21.5 Å². The van der Waals surface area contributed by atoms with Gasteiger partial charge in [0.1, 0.15) is 11.6 Å². The molecule has 2 rings (SSSR count). The zero-order chi connectivity index (χ0) is 19.9. The molecule has 1 aliphatic rings. The number of nitrogens with zero attached hydrogens (tertiary/aromatic N) is 2. The lowest BCUT2D eigenvalue weighted by atomic mass is 10.1. The van der Waals surface area contributed by atoms with Gasteiger partial charge < -0.3 is 10.6 Å². The molecule has 2 N–H and O–H groups in total. The summed E-state index contributed by atoms with van der Waals surface area (Å²) in [5.41, 5.74) is 0.439. The Bertz CT molecular complexity index is 754. The highest BCUT2D eigenvalue weighted by molar-refractivity contribution is 14.0. The zero-order valence-corrected chi connectivity index (χ0v) is 19.4. The molecule has 0 saturated carbocycles. The van der Waals surface area contributed by atoms with Crippen molar-refractivity contribution in [2.45, 2.75) is 38.6 Å². The molecule has 1 heterocycles. The minimum Gasteiger partial charge on any atom is -0.356 e. The highest BCUT2D eigenvalue weighted by Gasteiger charge is 2.27. The molecule has 0 aliphatic carbocycles. The Labute approximate surface area is 183 Å². The van der Waals surface area contributed by atoms with E-state index in [2.05, 4.69) is 15.6 Å². The Morgan fingerprint density at radius 2 is 1.96 bits per heavy atom. The van der Waals surface area contributed by atoms with Gasteiger partial charge in [0.15, 0.2) is 5.96 Å². The molecule has 1 aliphatic heterocycles. The molecule has 1 saturated heterocycles. The van der Waals surface area contributed by atoms with Crippen LogP contribution in [-0.4, -0.2) is 57.2 Å². The molecule has 0 atom stereocenters. The number of piperidine rings is 1. The highest BCUT2D eigenvalue weighted by atomic mass is 127. The normalized spacial score (nSPS) is 16.5. The van der Waals surface area contributed by atoms with Gasteiger partial charge in [-0.15, -0.1) is 24.0 Å². The van der Waals surface area contributed by atoms with Gasteiger partial charge in [-0.2, -0.15) is 0 Å². The van der Waals surface area contributed by atoms with Crippen molar-refractivity contribution < 1.29 is 17.2 Å². The van der Waals surface area contributed by atoms with Crippen molar-refractivity contribution in [1.29, 1.82) is 0 Å². The molecule has 160 valence electrons. The number of hydrogen-bond donors (Lipinski definition) is 2. The summed E-state index contributed by atoms with van der Waals surface area (Å²) >= 11 is 0. The van der Waals surface area contributed by atoms with E-state index in [0.29, 0.717) is 56.8 Å². The smallest absolute Gasteiger partial charge is 0.214 e. The van der Waals surface area contributed by atoms with Crippen LogP contribution in [0.25, 0.3) is 0 Å². The molecule has 10 heteroatoms. The van der Waals surface area contributed by atoms with Gasteiger partial charge in [-0.1, -0.05) is 13.0 Å². The predicted octanol–water partition coefficient (Wildman–Crippen LogP) is 2.49. The fraction of sp³-hybridized carbons (Fsp3) is 0.611. The largest absolute Gasteiger partial charge is 0.356 e. The fourth-order valence-corrected chi connectivity index (χ4v) is 4.63. The molecule has 1 aromatic rings. The van der Waals surface area contributed by atoms with Crippen LogP contribution in [0.1, 0.15) is 31.7 Å².